The lowest BCUT2D eigenvalue weighted by molar-refractivity contribution is -0.159. The monoisotopic (exact) mass is 227 g/mol. The zero-order valence-corrected chi connectivity index (χ0v) is 8.89. The molecule has 0 spiro atoms. The molecule has 2 fully saturated rings. The first-order valence-electron chi connectivity index (χ1n) is 4.84. The zero-order chi connectivity index (χ0) is 12.0. The molecule has 1 aliphatic carbocycles. The van der Waals surface area contributed by atoms with E-state index in [-0.39, 0.29) is 13.0 Å². The van der Waals surface area contributed by atoms with Gasteiger partial charge in [-0.15, -0.1) is 0 Å². The van der Waals surface area contributed by atoms with Gasteiger partial charge in [0.05, 0.1) is 6.61 Å². The Labute approximate surface area is 92.3 Å². The van der Waals surface area contributed by atoms with Gasteiger partial charge in [0.25, 0.3) is 0 Å². The number of cyclic esters (lactones) is 1. The molecule has 2 N–H and O–H groups in total. The van der Waals surface area contributed by atoms with Crippen molar-refractivity contribution in [2.24, 2.45) is 5.73 Å². The molecule has 0 radical (unpaired) electrons. The molecule has 2 rings (SSSR count). The fraction of sp³-hybridized carbons (Fsp3) is 0.600. The number of hydrogen-bond donors (Lipinski definition) is 1. The SMILES string of the molecule is C=CC(=O)O[C@@]12C[C@]1(N)C(=O)O[C@@H]2COC. The number of ether oxygens (including phenoxy) is 3. The second-order valence-electron chi connectivity index (χ2n) is 4.01. The molecule has 0 amide bonds. The van der Waals surface area contributed by atoms with Crippen LogP contribution in [0.25, 0.3) is 0 Å². The molecule has 1 saturated heterocycles. The number of methoxy groups -OCH3 is 1. The largest absolute Gasteiger partial charge is 0.454 e. The third-order valence-corrected chi connectivity index (χ3v) is 3.07. The van der Waals surface area contributed by atoms with Crippen molar-refractivity contribution in [2.75, 3.05) is 13.7 Å². The molecule has 0 unspecified atom stereocenters. The van der Waals surface area contributed by atoms with Crippen LogP contribution in [0.15, 0.2) is 12.7 Å². The van der Waals surface area contributed by atoms with E-state index in [0.717, 1.165) is 6.08 Å². The maximum absolute atomic E-state index is 11.5. The molecule has 6 heteroatoms. The number of nitrogens with two attached hydrogens (primary N) is 1. The molecule has 0 aromatic rings. The van der Waals surface area contributed by atoms with Crippen molar-refractivity contribution in [1.82, 2.24) is 0 Å². The molecule has 1 saturated carbocycles. The van der Waals surface area contributed by atoms with Crippen molar-refractivity contribution < 1.29 is 23.8 Å². The lowest BCUT2D eigenvalue weighted by Crippen LogP contribution is -2.42. The fourth-order valence-corrected chi connectivity index (χ4v) is 2.08. The number of fused-ring (bicyclic) bond motifs is 1. The van der Waals surface area contributed by atoms with Gasteiger partial charge in [-0.05, 0) is 0 Å². The molecular weight excluding hydrogens is 214 g/mol. The van der Waals surface area contributed by atoms with E-state index in [4.69, 9.17) is 19.9 Å². The van der Waals surface area contributed by atoms with Crippen molar-refractivity contribution >= 4 is 11.9 Å². The second kappa shape index (κ2) is 3.29. The predicted molar refractivity (Wildman–Crippen MR) is 52.3 cm³/mol. The average Bonchev–Trinajstić information content (AvgIpc) is 2.79. The number of carbonyl (C=O) groups is 2. The summed E-state index contributed by atoms with van der Waals surface area (Å²) in [7, 11) is 1.47. The van der Waals surface area contributed by atoms with Crippen LogP contribution in [0.2, 0.25) is 0 Å². The van der Waals surface area contributed by atoms with Gasteiger partial charge in [0, 0.05) is 19.6 Å². The van der Waals surface area contributed by atoms with E-state index in [0.29, 0.717) is 0 Å². The van der Waals surface area contributed by atoms with Crippen LogP contribution in [0, 0.1) is 0 Å². The Morgan fingerprint density at radius 2 is 2.50 bits per heavy atom. The fourth-order valence-electron chi connectivity index (χ4n) is 2.08. The molecule has 1 aliphatic heterocycles. The van der Waals surface area contributed by atoms with Crippen LogP contribution in [0.4, 0.5) is 0 Å². The third-order valence-electron chi connectivity index (χ3n) is 3.07. The highest BCUT2D eigenvalue weighted by atomic mass is 16.6. The van der Waals surface area contributed by atoms with Crippen molar-refractivity contribution in [1.29, 1.82) is 0 Å². The molecule has 3 atom stereocenters. The number of carbonyl (C=O) groups excluding carboxylic acids is 2. The highest BCUT2D eigenvalue weighted by molar-refractivity contribution is 5.93. The van der Waals surface area contributed by atoms with Gasteiger partial charge in [-0.25, -0.2) is 9.59 Å². The summed E-state index contributed by atoms with van der Waals surface area (Å²) in [6, 6.07) is 0. The normalized spacial score (nSPS) is 39.9. The van der Waals surface area contributed by atoms with E-state index in [9.17, 15) is 9.59 Å². The number of hydrogen-bond acceptors (Lipinski definition) is 6. The summed E-state index contributed by atoms with van der Waals surface area (Å²) < 4.78 is 15.1. The van der Waals surface area contributed by atoms with E-state index in [1.807, 2.05) is 0 Å². The highest BCUT2D eigenvalue weighted by Crippen LogP contribution is 2.57. The summed E-state index contributed by atoms with van der Waals surface area (Å²) in [4.78, 5) is 22.7. The van der Waals surface area contributed by atoms with Gasteiger partial charge in [0.15, 0.2) is 17.2 Å². The summed E-state index contributed by atoms with van der Waals surface area (Å²) in [6.45, 7) is 3.44. The Balaban J connectivity index is 2.21. The van der Waals surface area contributed by atoms with Gasteiger partial charge in [-0.2, -0.15) is 0 Å². The summed E-state index contributed by atoms with van der Waals surface area (Å²) in [6.07, 6.45) is 0.658. The Morgan fingerprint density at radius 1 is 1.81 bits per heavy atom. The van der Waals surface area contributed by atoms with Gasteiger partial charge in [-0.3, -0.25) is 0 Å². The van der Waals surface area contributed by atoms with Gasteiger partial charge in [-0.1, -0.05) is 6.58 Å². The second-order valence-corrected chi connectivity index (χ2v) is 4.01. The van der Waals surface area contributed by atoms with Crippen LogP contribution in [0.5, 0.6) is 0 Å². The first kappa shape index (κ1) is 11.1. The number of rotatable bonds is 4. The summed E-state index contributed by atoms with van der Waals surface area (Å²) in [5, 5.41) is 0. The predicted octanol–water partition coefficient (Wildman–Crippen LogP) is -0.873. The van der Waals surface area contributed by atoms with Crippen LogP contribution < -0.4 is 5.73 Å². The lowest BCUT2D eigenvalue weighted by Gasteiger charge is -2.20. The molecule has 16 heavy (non-hydrogen) atoms. The van der Waals surface area contributed by atoms with Gasteiger partial charge in [0.1, 0.15) is 0 Å². The third kappa shape index (κ3) is 1.20. The smallest absolute Gasteiger partial charge is 0.331 e. The van der Waals surface area contributed by atoms with Gasteiger partial charge < -0.3 is 19.9 Å². The molecule has 0 aromatic carbocycles. The maximum atomic E-state index is 11.5. The van der Waals surface area contributed by atoms with Crippen LogP contribution >= 0.6 is 0 Å². The van der Waals surface area contributed by atoms with Gasteiger partial charge in [0.2, 0.25) is 0 Å². The van der Waals surface area contributed by atoms with Crippen molar-refractivity contribution in [3.63, 3.8) is 0 Å². The Bertz CT molecular complexity index is 368. The highest BCUT2D eigenvalue weighted by Gasteiger charge is 2.83. The van der Waals surface area contributed by atoms with Crippen LogP contribution in [0.1, 0.15) is 6.42 Å². The van der Waals surface area contributed by atoms with E-state index in [1.54, 1.807) is 0 Å². The Hall–Kier alpha value is -1.40. The quantitative estimate of drug-likeness (QED) is 0.496. The maximum Gasteiger partial charge on any atom is 0.331 e. The van der Waals surface area contributed by atoms with Crippen LogP contribution in [0.3, 0.4) is 0 Å². The van der Waals surface area contributed by atoms with Crippen molar-refractivity contribution in [3.05, 3.63) is 12.7 Å². The van der Waals surface area contributed by atoms with Crippen LogP contribution in [-0.2, 0) is 23.8 Å². The van der Waals surface area contributed by atoms with Crippen molar-refractivity contribution in [2.45, 2.75) is 23.7 Å². The summed E-state index contributed by atoms with van der Waals surface area (Å²) in [5.74, 6) is -1.17. The summed E-state index contributed by atoms with van der Waals surface area (Å²) >= 11 is 0. The lowest BCUT2D eigenvalue weighted by atomic mass is 10.1. The van der Waals surface area contributed by atoms with E-state index >= 15 is 0 Å². The van der Waals surface area contributed by atoms with E-state index in [2.05, 4.69) is 6.58 Å². The topological polar surface area (TPSA) is 87.9 Å². The summed E-state index contributed by atoms with van der Waals surface area (Å²) in [5.41, 5.74) is 3.52. The standard InChI is InChI=1S/C10H13NO5/c1-3-7(12)16-10-5-9(10,11)8(13)15-6(10)4-14-2/h3,6H,1,4-5,11H2,2H3/t6-,9+,10-/m1/s1. The zero-order valence-electron chi connectivity index (χ0n) is 8.89. The molecule has 1 heterocycles. The molecule has 0 aromatic heterocycles. The first-order valence-corrected chi connectivity index (χ1v) is 4.84. The Kier molecular flexibility index (Phi) is 2.28. The van der Waals surface area contributed by atoms with E-state index in [1.165, 1.54) is 7.11 Å². The Morgan fingerprint density at radius 3 is 3.00 bits per heavy atom. The molecule has 2 aliphatic rings. The van der Waals surface area contributed by atoms with Crippen LogP contribution in [-0.4, -0.2) is 42.9 Å². The van der Waals surface area contributed by atoms with Gasteiger partial charge >= 0.3 is 11.9 Å². The molecule has 6 nitrogen and oxygen atoms in total. The molecule has 0 bridgehead atoms. The minimum atomic E-state index is -1.21. The molecular formula is C10H13NO5. The molecule has 88 valence electrons. The van der Waals surface area contributed by atoms with E-state index < -0.39 is 29.2 Å². The van der Waals surface area contributed by atoms with Crippen molar-refractivity contribution in [3.8, 4) is 0 Å². The minimum absolute atomic E-state index is 0.148. The average molecular weight is 227 g/mol. The first-order chi connectivity index (χ1) is 7.50. The number of esters is 2. The minimum Gasteiger partial charge on any atom is -0.454 e.